The lowest BCUT2D eigenvalue weighted by molar-refractivity contribution is -0.123. The van der Waals surface area contributed by atoms with Crippen LogP contribution in [0.15, 0.2) is 42.9 Å². The first-order valence-electron chi connectivity index (χ1n) is 10.7. The van der Waals surface area contributed by atoms with E-state index in [0.717, 1.165) is 66.9 Å². The first-order chi connectivity index (χ1) is 14.5. The van der Waals surface area contributed by atoms with Crippen molar-refractivity contribution in [2.75, 3.05) is 32.8 Å². The number of pyridine rings is 1. The summed E-state index contributed by atoms with van der Waals surface area (Å²) in [5, 5.41) is 6.46. The molecule has 5 rings (SSSR count). The van der Waals surface area contributed by atoms with Crippen molar-refractivity contribution in [2.24, 2.45) is 18.4 Å². The van der Waals surface area contributed by atoms with Crippen LogP contribution in [0, 0.1) is 11.3 Å². The van der Waals surface area contributed by atoms with Crippen molar-refractivity contribution in [3.05, 3.63) is 48.5 Å². The largest absolute Gasteiger partial charge is 0.380 e. The molecule has 0 aliphatic carbocycles. The van der Waals surface area contributed by atoms with E-state index in [1.54, 1.807) is 4.68 Å². The van der Waals surface area contributed by atoms with Crippen LogP contribution in [0.2, 0.25) is 0 Å². The minimum absolute atomic E-state index is 0.119. The Morgan fingerprint density at radius 3 is 2.80 bits per heavy atom. The Morgan fingerprint density at radius 1 is 1.20 bits per heavy atom. The first kappa shape index (κ1) is 19.4. The average molecular weight is 405 g/mol. The highest BCUT2D eigenvalue weighted by atomic mass is 16.5. The molecule has 1 atom stereocenters. The summed E-state index contributed by atoms with van der Waals surface area (Å²) in [6, 6.07) is 8.38. The second-order valence-electron chi connectivity index (χ2n) is 9.31. The van der Waals surface area contributed by atoms with E-state index in [1.165, 1.54) is 0 Å². The smallest absolute Gasteiger partial charge is 0.143 e. The number of benzene rings is 1. The molecule has 6 nitrogen and oxygen atoms in total. The van der Waals surface area contributed by atoms with E-state index < -0.39 is 0 Å². The number of fused-ring (bicyclic) bond motifs is 1. The lowest BCUT2D eigenvalue weighted by Crippen LogP contribution is -2.48. The Hall–Kier alpha value is -2.57. The van der Waals surface area contributed by atoms with E-state index in [-0.39, 0.29) is 11.3 Å². The molecule has 0 saturated carbocycles. The van der Waals surface area contributed by atoms with Gasteiger partial charge < -0.3 is 9.64 Å². The Labute approximate surface area is 176 Å². The Bertz CT molecular complexity index is 1090. The maximum Gasteiger partial charge on any atom is 0.143 e. The van der Waals surface area contributed by atoms with Gasteiger partial charge in [-0.25, -0.2) is 0 Å². The molecule has 4 heterocycles. The molecule has 2 saturated heterocycles. The fraction of sp³-hybridized carbons (Fsp3) is 0.458. The molecule has 2 fully saturated rings. The molecule has 1 aromatic carbocycles. The number of ketones is 1. The number of carbonyl (C=O) groups is 1. The van der Waals surface area contributed by atoms with Gasteiger partial charge in [0.15, 0.2) is 0 Å². The predicted molar refractivity (Wildman–Crippen MR) is 116 cm³/mol. The minimum atomic E-state index is 0.119. The highest BCUT2D eigenvalue weighted by molar-refractivity contribution is 5.88. The summed E-state index contributed by atoms with van der Waals surface area (Å²) in [6.07, 6.45) is 7.12. The van der Waals surface area contributed by atoms with Gasteiger partial charge in [-0.3, -0.25) is 14.5 Å². The van der Waals surface area contributed by atoms with Crippen molar-refractivity contribution in [2.45, 2.75) is 19.8 Å². The summed E-state index contributed by atoms with van der Waals surface area (Å²) < 4.78 is 7.17. The van der Waals surface area contributed by atoms with E-state index in [2.05, 4.69) is 46.2 Å². The van der Waals surface area contributed by atoms with Gasteiger partial charge in [0.2, 0.25) is 0 Å². The van der Waals surface area contributed by atoms with Crippen molar-refractivity contribution in [1.29, 1.82) is 0 Å². The maximum absolute atomic E-state index is 12.9. The summed E-state index contributed by atoms with van der Waals surface area (Å²) >= 11 is 0. The summed E-state index contributed by atoms with van der Waals surface area (Å²) in [7, 11) is 1.92. The fourth-order valence-electron chi connectivity index (χ4n) is 4.68. The van der Waals surface area contributed by atoms with Gasteiger partial charge in [0.1, 0.15) is 5.78 Å². The molecule has 2 aliphatic heterocycles. The molecule has 2 aromatic heterocycles. The van der Waals surface area contributed by atoms with Crippen LogP contribution >= 0.6 is 0 Å². The Morgan fingerprint density at radius 2 is 2.07 bits per heavy atom. The SMILES string of the molecule is Cn1cc(-c2ccc3cnc(CC(=O)C4CCN(CC5(C)COC5)C4)cc3c2)cn1. The molecule has 0 spiro atoms. The van der Waals surface area contributed by atoms with Crippen LogP contribution in [0.1, 0.15) is 19.0 Å². The molecule has 0 radical (unpaired) electrons. The van der Waals surface area contributed by atoms with Gasteiger partial charge in [0.25, 0.3) is 0 Å². The molecule has 30 heavy (non-hydrogen) atoms. The number of rotatable bonds is 6. The zero-order chi connectivity index (χ0) is 20.7. The third-order valence-electron chi connectivity index (χ3n) is 6.41. The number of likely N-dealkylation sites (tertiary alicyclic amines) is 1. The number of aryl methyl sites for hydroxylation is 1. The van der Waals surface area contributed by atoms with E-state index >= 15 is 0 Å². The third-order valence-corrected chi connectivity index (χ3v) is 6.41. The van der Waals surface area contributed by atoms with Crippen LogP contribution in [0.5, 0.6) is 0 Å². The Balaban J connectivity index is 1.27. The monoisotopic (exact) mass is 404 g/mol. The predicted octanol–water partition coefficient (Wildman–Crippen LogP) is 3.11. The maximum atomic E-state index is 12.9. The van der Waals surface area contributed by atoms with Crippen LogP contribution in [0.25, 0.3) is 21.9 Å². The topological polar surface area (TPSA) is 60.2 Å². The van der Waals surface area contributed by atoms with Crippen LogP contribution < -0.4 is 0 Å². The molecule has 0 bridgehead atoms. The second-order valence-corrected chi connectivity index (χ2v) is 9.31. The summed E-state index contributed by atoms with van der Waals surface area (Å²) in [5.41, 5.74) is 3.34. The van der Waals surface area contributed by atoms with Crippen molar-refractivity contribution in [1.82, 2.24) is 19.7 Å². The lowest BCUT2D eigenvalue weighted by atomic mass is 9.88. The van der Waals surface area contributed by atoms with Crippen LogP contribution in [-0.2, 0) is 23.0 Å². The van der Waals surface area contributed by atoms with Gasteiger partial charge in [-0.2, -0.15) is 5.10 Å². The molecule has 3 aromatic rings. The van der Waals surface area contributed by atoms with E-state index in [4.69, 9.17) is 4.74 Å². The normalized spacial score (nSPS) is 21.1. The second kappa shape index (κ2) is 7.60. The molecular formula is C24H28N4O2. The zero-order valence-electron chi connectivity index (χ0n) is 17.7. The van der Waals surface area contributed by atoms with Crippen LogP contribution in [0.3, 0.4) is 0 Å². The summed E-state index contributed by atoms with van der Waals surface area (Å²) in [6.45, 7) is 6.85. The van der Waals surface area contributed by atoms with Crippen LogP contribution in [0.4, 0.5) is 0 Å². The number of carbonyl (C=O) groups excluding carboxylic acids is 1. The summed E-state index contributed by atoms with van der Waals surface area (Å²) in [5.74, 6) is 0.427. The van der Waals surface area contributed by atoms with Gasteiger partial charge in [-0.05, 0) is 36.0 Å². The molecule has 0 N–H and O–H groups in total. The molecule has 6 heteroatoms. The summed E-state index contributed by atoms with van der Waals surface area (Å²) in [4.78, 5) is 19.9. The number of aromatic nitrogens is 3. The van der Waals surface area contributed by atoms with Gasteiger partial charge in [-0.1, -0.05) is 19.1 Å². The quantitative estimate of drug-likeness (QED) is 0.632. The minimum Gasteiger partial charge on any atom is -0.380 e. The number of hydrogen-bond acceptors (Lipinski definition) is 5. The standard InChI is InChI=1S/C24H28N4O2/c1-24(15-30-16-24)14-28-6-5-19(13-28)23(29)9-22-8-20-7-17(3-4-18(20)10-25-22)21-11-26-27(2)12-21/h3-4,7-8,10-12,19H,5-6,9,13-16H2,1-2H3. The molecule has 156 valence electrons. The van der Waals surface area contributed by atoms with Crippen molar-refractivity contribution in [3.63, 3.8) is 0 Å². The zero-order valence-corrected chi connectivity index (χ0v) is 17.7. The first-order valence-corrected chi connectivity index (χ1v) is 10.7. The molecule has 2 aliphatic rings. The highest BCUT2D eigenvalue weighted by Crippen LogP contribution is 2.30. The molecule has 0 amide bonds. The highest BCUT2D eigenvalue weighted by Gasteiger charge is 2.38. The Kier molecular flexibility index (Phi) is 4.91. The number of nitrogens with zero attached hydrogens (tertiary/aromatic N) is 4. The van der Waals surface area contributed by atoms with Crippen LogP contribution in [-0.4, -0.2) is 58.3 Å². The average Bonchev–Trinajstić information content (AvgIpc) is 3.35. The number of ether oxygens (including phenoxy) is 1. The van der Waals surface area contributed by atoms with Gasteiger partial charge >= 0.3 is 0 Å². The third kappa shape index (κ3) is 3.89. The van der Waals surface area contributed by atoms with E-state index in [1.807, 2.05) is 25.6 Å². The fourth-order valence-corrected chi connectivity index (χ4v) is 4.68. The van der Waals surface area contributed by atoms with Crippen molar-refractivity contribution in [3.8, 4) is 11.1 Å². The van der Waals surface area contributed by atoms with Gasteiger partial charge in [-0.15, -0.1) is 0 Å². The molecular weight excluding hydrogens is 376 g/mol. The van der Waals surface area contributed by atoms with Gasteiger partial charge in [0, 0.05) is 66.9 Å². The van der Waals surface area contributed by atoms with E-state index in [0.29, 0.717) is 12.2 Å². The number of Topliss-reactive ketones (excluding diaryl/α,β-unsaturated/α-hetero) is 1. The van der Waals surface area contributed by atoms with E-state index in [9.17, 15) is 4.79 Å². The molecule has 1 unspecified atom stereocenters. The number of hydrogen-bond donors (Lipinski definition) is 0. The van der Waals surface area contributed by atoms with Crippen molar-refractivity contribution >= 4 is 16.6 Å². The van der Waals surface area contributed by atoms with Gasteiger partial charge in [0.05, 0.1) is 19.4 Å². The lowest BCUT2D eigenvalue weighted by Gasteiger charge is -2.40. The van der Waals surface area contributed by atoms with Crippen molar-refractivity contribution < 1.29 is 9.53 Å².